The van der Waals surface area contributed by atoms with Crippen LogP contribution in [-0.4, -0.2) is 17.3 Å². The third-order valence-corrected chi connectivity index (χ3v) is 4.32. The van der Waals surface area contributed by atoms with Crippen molar-refractivity contribution in [3.63, 3.8) is 0 Å². The number of amides is 1. The summed E-state index contributed by atoms with van der Waals surface area (Å²) in [5.41, 5.74) is -0.231. The summed E-state index contributed by atoms with van der Waals surface area (Å²) in [4.78, 5) is 12.1. The number of carbonyl (C=O) groups is 1. The molecule has 16 heavy (non-hydrogen) atoms. The van der Waals surface area contributed by atoms with Crippen molar-refractivity contribution in [1.82, 2.24) is 5.32 Å². The first-order valence-corrected chi connectivity index (χ1v) is 7.03. The molecule has 1 unspecified atom stereocenters. The Bertz CT molecular complexity index is 218. The number of nitrogens with one attached hydrogen (secondary N) is 1. The average molecular weight is 246 g/mol. The summed E-state index contributed by atoms with van der Waals surface area (Å²) in [6.07, 6.45) is 7.94. The van der Waals surface area contributed by atoms with E-state index in [9.17, 15) is 4.79 Å². The van der Waals surface area contributed by atoms with Crippen LogP contribution < -0.4 is 5.32 Å². The van der Waals surface area contributed by atoms with Crippen LogP contribution in [0.3, 0.4) is 0 Å². The summed E-state index contributed by atoms with van der Waals surface area (Å²) >= 11 is 5.91. The molecule has 0 aromatic rings. The Kier molecular flexibility index (Phi) is 5.60. The van der Waals surface area contributed by atoms with Crippen molar-refractivity contribution >= 4 is 17.5 Å². The Morgan fingerprint density at radius 1 is 1.31 bits per heavy atom. The second-order valence-electron chi connectivity index (χ2n) is 5.23. The number of carbonyl (C=O) groups excluding carboxylic acids is 1. The molecule has 1 fully saturated rings. The zero-order valence-electron chi connectivity index (χ0n) is 10.5. The molecule has 1 saturated carbocycles. The molecule has 0 aliphatic heterocycles. The van der Waals surface area contributed by atoms with Crippen molar-refractivity contribution in [3.05, 3.63) is 0 Å². The fourth-order valence-electron chi connectivity index (χ4n) is 2.16. The van der Waals surface area contributed by atoms with Crippen molar-refractivity contribution < 1.29 is 4.79 Å². The molecule has 1 rings (SSSR count). The largest absolute Gasteiger partial charge is 0.350 e. The van der Waals surface area contributed by atoms with Gasteiger partial charge in [0.15, 0.2) is 0 Å². The monoisotopic (exact) mass is 245 g/mol. The van der Waals surface area contributed by atoms with Gasteiger partial charge in [0.25, 0.3) is 0 Å². The summed E-state index contributed by atoms with van der Waals surface area (Å²) < 4.78 is 0. The molecule has 0 spiro atoms. The molecule has 0 radical (unpaired) electrons. The van der Waals surface area contributed by atoms with E-state index >= 15 is 0 Å². The van der Waals surface area contributed by atoms with Gasteiger partial charge in [-0.15, -0.1) is 11.6 Å². The molecule has 0 saturated heterocycles. The fraction of sp³-hybridized carbons (Fsp3) is 0.923. The standard InChI is InChI=1S/C13H24ClNO/c1-3-13(2,10-14)15-12(16)11-8-6-4-5-7-9-11/h11H,3-10H2,1-2H3,(H,15,16). The number of halogens is 1. The topological polar surface area (TPSA) is 29.1 Å². The van der Waals surface area contributed by atoms with Gasteiger partial charge in [0.05, 0.1) is 5.54 Å². The number of alkyl halides is 1. The molecule has 3 heteroatoms. The number of rotatable bonds is 4. The zero-order valence-corrected chi connectivity index (χ0v) is 11.3. The highest BCUT2D eigenvalue weighted by Crippen LogP contribution is 2.24. The van der Waals surface area contributed by atoms with E-state index in [1.54, 1.807) is 0 Å². The second kappa shape index (κ2) is 6.48. The molecule has 0 aromatic heterocycles. The van der Waals surface area contributed by atoms with Crippen LogP contribution in [0.1, 0.15) is 58.8 Å². The van der Waals surface area contributed by atoms with E-state index in [0.717, 1.165) is 19.3 Å². The van der Waals surface area contributed by atoms with Crippen LogP contribution in [0.15, 0.2) is 0 Å². The van der Waals surface area contributed by atoms with Crippen LogP contribution in [0, 0.1) is 5.92 Å². The molecule has 0 bridgehead atoms. The van der Waals surface area contributed by atoms with Gasteiger partial charge in [-0.1, -0.05) is 32.6 Å². The first kappa shape index (κ1) is 13.8. The minimum Gasteiger partial charge on any atom is -0.350 e. The molecule has 0 aromatic carbocycles. The van der Waals surface area contributed by atoms with Gasteiger partial charge < -0.3 is 5.32 Å². The highest BCUT2D eigenvalue weighted by molar-refractivity contribution is 6.18. The molecular weight excluding hydrogens is 222 g/mol. The summed E-state index contributed by atoms with van der Waals surface area (Å²) in [5.74, 6) is 0.922. The maximum absolute atomic E-state index is 12.1. The quantitative estimate of drug-likeness (QED) is 0.596. The van der Waals surface area contributed by atoms with Crippen LogP contribution >= 0.6 is 11.6 Å². The van der Waals surface area contributed by atoms with E-state index in [4.69, 9.17) is 11.6 Å². The van der Waals surface area contributed by atoms with Gasteiger partial charge in [0.1, 0.15) is 0 Å². The Hall–Kier alpha value is -0.240. The van der Waals surface area contributed by atoms with Crippen molar-refractivity contribution in [2.24, 2.45) is 5.92 Å². The molecule has 1 aliphatic carbocycles. The van der Waals surface area contributed by atoms with Crippen molar-refractivity contribution in [2.75, 3.05) is 5.88 Å². The van der Waals surface area contributed by atoms with Gasteiger partial charge in [0, 0.05) is 11.8 Å². The maximum atomic E-state index is 12.1. The SMILES string of the molecule is CCC(C)(CCl)NC(=O)C1CCCCCC1. The first-order valence-electron chi connectivity index (χ1n) is 6.49. The Balaban J connectivity index is 2.49. The lowest BCUT2D eigenvalue weighted by Gasteiger charge is -2.29. The summed E-state index contributed by atoms with van der Waals surface area (Å²) in [6, 6.07) is 0. The highest BCUT2D eigenvalue weighted by atomic mass is 35.5. The Morgan fingerprint density at radius 3 is 2.31 bits per heavy atom. The van der Waals surface area contributed by atoms with Gasteiger partial charge in [-0.3, -0.25) is 4.79 Å². The highest BCUT2D eigenvalue weighted by Gasteiger charge is 2.27. The maximum Gasteiger partial charge on any atom is 0.223 e. The van der Waals surface area contributed by atoms with Crippen LogP contribution in [0.2, 0.25) is 0 Å². The lowest BCUT2D eigenvalue weighted by molar-refractivity contribution is -0.127. The van der Waals surface area contributed by atoms with E-state index in [1.165, 1.54) is 25.7 Å². The van der Waals surface area contributed by atoms with Gasteiger partial charge in [-0.2, -0.15) is 0 Å². The molecule has 0 heterocycles. The van der Waals surface area contributed by atoms with Crippen LogP contribution in [0.25, 0.3) is 0 Å². The van der Waals surface area contributed by atoms with E-state index < -0.39 is 0 Å². The minimum absolute atomic E-state index is 0.215. The van der Waals surface area contributed by atoms with Crippen LogP contribution in [0.5, 0.6) is 0 Å². The Labute approximate surface area is 104 Å². The minimum atomic E-state index is -0.231. The summed E-state index contributed by atoms with van der Waals surface area (Å²) in [5, 5.41) is 3.12. The van der Waals surface area contributed by atoms with E-state index in [2.05, 4.69) is 12.2 Å². The van der Waals surface area contributed by atoms with Gasteiger partial charge in [-0.25, -0.2) is 0 Å². The molecule has 1 aliphatic rings. The molecular formula is C13H24ClNO. The van der Waals surface area contributed by atoms with Crippen LogP contribution in [0.4, 0.5) is 0 Å². The fourth-order valence-corrected chi connectivity index (χ4v) is 2.41. The third kappa shape index (κ3) is 3.97. The summed E-state index contributed by atoms with van der Waals surface area (Å²) in [7, 11) is 0. The number of hydrogen-bond acceptors (Lipinski definition) is 1. The van der Waals surface area contributed by atoms with E-state index in [0.29, 0.717) is 5.88 Å². The molecule has 94 valence electrons. The second-order valence-corrected chi connectivity index (χ2v) is 5.49. The van der Waals surface area contributed by atoms with E-state index in [1.807, 2.05) is 6.92 Å². The normalized spacial score (nSPS) is 22.2. The average Bonchev–Trinajstić information content (AvgIpc) is 2.57. The van der Waals surface area contributed by atoms with Crippen molar-refractivity contribution in [1.29, 1.82) is 0 Å². The van der Waals surface area contributed by atoms with Crippen LogP contribution in [-0.2, 0) is 4.79 Å². The first-order chi connectivity index (χ1) is 7.61. The lowest BCUT2D eigenvalue weighted by atomic mass is 9.95. The van der Waals surface area contributed by atoms with Crippen molar-refractivity contribution in [3.8, 4) is 0 Å². The Morgan fingerprint density at radius 2 is 1.88 bits per heavy atom. The molecule has 1 amide bonds. The molecule has 1 atom stereocenters. The smallest absolute Gasteiger partial charge is 0.223 e. The van der Waals surface area contributed by atoms with Gasteiger partial charge in [-0.05, 0) is 26.2 Å². The van der Waals surface area contributed by atoms with Gasteiger partial charge in [0.2, 0.25) is 5.91 Å². The lowest BCUT2D eigenvalue weighted by Crippen LogP contribution is -2.49. The summed E-state index contributed by atoms with van der Waals surface area (Å²) in [6.45, 7) is 4.09. The molecule has 2 nitrogen and oxygen atoms in total. The third-order valence-electron chi connectivity index (χ3n) is 3.73. The predicted molar refractivity (Wildman–Crippen MR) is 68.8 cm³/mol. The van der Waals surface area contributed by atoms with Crippen molar-refractivity contribution in [2.45, 2.75) is 64.3 Å². The van der Waals surface area contributed by atoms with Gasteiger partial charge >= 0.3 is 0 Å². The molecule has 1 N–H and O–H groups in total. The number of hydrogen-bond donors (Lipinski definition) is 1. The predicted octanol–water partition coefficient (Wildman–Crippen LogP) is 3.48. The zero-order chi connectivity index (χ0) is 12.0. The van der Waals surface area contributed by atoms with E-state index in [-0.39, 0.29) is 17.4 Å².